The molecule has 2 unspecified atom stereocenters. The van der Waals surface area contributed by atoms with Crippen LogP contribution in [-0.4, -0.2) is 74.9 Å². The van der Waals surface area contributed by atoms with Crippen LogP contribution in [-0.2, 0) is 32.7 Å². The summed E-state index contributed by atoms with van der Waals surface area (Å²) < 4.78 is 34.1. The molecule has 0 bridgehead atoms. The molecule has 9 nitrogen and oxygen atoms in total. The topological polar surface area (TPSA) is 108 Å². The molecule has 0 spiro atoms. The van der Waals surface area contributed by atoms with Crippen LogP contribution in [0.2, 0.25) is 0 Å². The van der Waals surface area contributed by atoms with Gasteiger partial charge in [-0.3, -0.25) is 18.6 Å². The lowest BCUT2D eigenvalue weighted by molar-refractivity contribution is -0.870. The molecule has 0 aromatic heterocycles. The maximum absolute atomic E-state index is 12.6. The summed E-state index contributed by atoms with van der Waals surface area (Å²) in [6.45, 7) is 4.06. The van der Waals surface area contributed by atoms with Crippen molar-refractivity contribution in [2.45, 2.75) is 123 Å². The molecule has 0 fully saturated rings. The molecule has 0 aliphatic carbocycles. The van der Waals surface area contributed by atoms with Crippen LogP contribution in [0.25, 0.3) is 0 Å². The number of phosphoric acid groups is 1. The number of esters is 2. The van der Waals surface area contributed by atoms with E-state index in [1.165, 1.54) is 0 Å². The van der Waals surface area contributed by atoms with E-state index in [0.717, 1.165) is 77.0 Å². The molecule has 2 atom stereocenters. The highest BCUT2D eigenvalue weighted by Gasteiger charge is 2.27. The fourth-order valence-corrected chi connectivity index (χ4v) is 5.16. The van der Waals surface area contributed by atoms with E-state index >= 15 is 0 Å². The fraction of sp³-hybridized carbons (Fsp3) is 0.650. The van der Waals surface area contributed by atoms with Crippen molar-refractivity contribution in [3.8, 4) is 0 Å². The Kier molecular flexibility index (Phi) is 30.7. The molecule has 10 heteroatoms. The molecule has 0 rings (SSSR count). The highest BCUT2D eigenvalue weighted by molar-refractivity contribution is 7.47. The number of hydrogen-bond acceptors (Lipinski definition) is 7. The van der Waals surface area contributed by atoms with Gasteiger partial charge in [-0.05, 0) is 51.4 Å². The maximum atomic E-state index is 12.6. The van der Waals surface area contributed by atoms with Gasteiger partial charge in [0, 0.05) is 12.8 Å². The summed E-state index contributed by atoms with van der Waals surface area (Å²) in [6.07, 6.45) is 38.1. The smallest absolute Gasteiger partial charge is 0.462 e. The number of hydrogen-bond donors (Lipinski definition) is 1. The van der Waals surface area contributed by atoms with Crippen molar-refractivity contribution < 1.29 is 42.1 Å². The van der Waals surface area contributed by atoms with E-state index in [1.54, 1.807) is 0 Å². The van der Waals surface area contributed by atoms with E-state index in [4.69, 9.17) is 18.5 Å². The van der Waals surface area contributed by atoms with Crippen LogP contribution in [0.4, 0.5) is 0 Å². The van der Waals surface area contributed by atoms with Gasteiger partial charge in [-0.15, -0.1) is 0 Å². The highest BCUT2D eigenvalue weighted by Crippen LogP contribution is 2.43. The maximum Gasteiger partial charge on any atom is 0.472 e. The third-order valence-corrected chi connectivity index (χ3v) is 8.34. The molecule has 1 N–H and O–H groups in total. The Morgan fingerprint density at radius 1 is 0.620 bits per heavy atom. The molecular formula is C40H69NO8P+. The number of likely N-dealkylation sites (N-methyl/N-ethyl adjacent to an activating group) is 1. The zero-order chi connectivity index (χ0) is 37.2. The van der Waals surface area contributed by atoms with Gasteiger partial charge in [0.15, 0.2) is 6.10 Å². The first-order valence-electron chi connectivity index (χ1n) is 18.7. The minimum atomic E-state index is -4.38. The zero-order valence-corrected chi connectivity index (χ0v) is 32.7. The van der Waals surface area contributed by atoms with Gasteiger partial charge in [-0.1, -0.05) is 125 Å². The van der Waals surface area contributed by atoms with Crippen LogP contribution in [0.5, 0.6) is 0 Å². The second-order valence-corrected chi connectivity index (χ2v) is 14.8. The van der Waals surface area contributed by atoms with Gasteiger partial charge in [0.25, 0.3) is 0 Å². The molecule has 0 aliphatic rings. The minimum absolute atomic E-state index is 0.0195. The second kappa shape index (κ2) is 32.4. The number of unbranched alkanes of at least 4 members (excludes halogenated alkanes) is 10. The van der Waals surface area contributed by atoms with Crippen molar-refractivity contribution in [1.82, 2.24) is 0 Å². The van der Waals surface area contributed by atoms with Crippen LogP contribution < -0.4 is 0 Å². The van der Waals surface area contributed by atoms with E-state index in [9.17, 15) is 19.0 Å². The normalized spacial score (nSPS) is 14.6. The number of rotatable bonds is 32. The third kappa shape index (κ3) is 35.3. The van der Waals surface area contributed by atoms with Crippen molar-refractivity contribution in [1.29, 1.82) is 0 Å². The van der Waals surface area contributed by atoms with Crippen LogP contribution >= 0.6 is 7.82 Å². The predicted octanol–water partition coefficient (Wildman–Crippen LogP) is 9.90. The molecule has 0 aromatic rings. The van der Waals surface area contributed by atoms with Gasteiger partial charge in [0.05, 0.1) is 27.7 Å². The Labute approximate surface area is 304 Å². The summed E-state index contributed by atoms with van der Waals surface area (Å²) in [5, 5.41) is 0. The summed E-state index contributed by atoms with van der Waals surface area (Å²) in [5.74, 6) is -0.858. The molecule has 0 saturated carbocycles. The number of carbonyl (C=O) groups is 2. The molecule has 50 heavy (non-hydrogen) atoms. The summed E-state index contributed by atoms with van der Waals surface area (Å²) in [6, 6.07) is 0. The lowest BCUT2D eigenvalue weighted by Crippen LogP contribution is -2.37. The first-order valence-corrected chi connectivity index (χ1v) is 20.2. The van der Waals surface area contributed by atoms with Crippen molar-refractivity contribution in [3.63, 3.8) is 0 Å². The summed E-state index contributed by atoms with van der Waals surface area (Å²) in [7, 11) is 1.43. The average Bonchev–Trinajstić information content (AvgIpc) is 3.06. The number of nitrogens with zero attached hydrogens (tertiary/aromatic N) is 1. The number of carbonyl (C=O) groups excluding carboxylic acids is 2. The van der Waals surface area contributed by atoms with Crippen molar-refractivity contribution in [2.75, 3.05) is 47.5 Å². The Hall–Kier alpha value is -2.55. The van der Waals surface area contributed by atoms with E-state index in [-0.39, 0.29) is 26.1 Å². The second-order valence-electron chi connectivity index (χ2n) is 13.3. The average molecular weight is 723 g/mol. The first-order chi connectivity index (χ1) is 24.0. The largest absolute Gasteiger partial charge is 0.472 e. The Bertz CT molecular complexity index is 1090. The van der Waals surface area contributed by atoms with Crippen molar-refractivity contribution in [3.05, 3.63) is 72.9 Å². The Morgan fingerprint density at radius 3 is 1.58 bits per heavy atom. The first kappa shape index (κ1) is 47.4. The quantitative estimate of drug-likeness (QED) is 0.0240. The summed E-state index contributed by atoms with van der Waals surface area (Å²) in [4.78, 5) is 35.1. The third-order valence-electron chi connectivity index (χ3n) is 7.35. The van der Waals surface area contributed by atoms with Crippen LogP contribution in [0.1, 0.15) is 117 Å². The van der Waals surface area contributed by atoms with Crippen LogP contribution in [0.15, 0.2) is 72.9 Å². The van der Waals surface area contributed by atoms with Gasteiger partial charge in [-0.25, -0.2) is 4.57 Å². The van der Waals surface area contributed by atoms with Crippen LogP contribution in [0.3, 0.4) is 0 Å². The van der Waals surface area contributed by atoms with Gasteiger partial charge in [-0.2, -0.15) is 0 Å². The standard InChI is InChI=1S/C40H68NO8P/c1-6-8-10-12-14-16-18-20-22-24-26-28-30-32-39(42)46-36-38(37-48-50(44,45)47-35-34-41(3,4)5)49-40(43)33-31-29-27-25-23-21-19-17-15-13-11-9-7-2/h8-19,38H,6-7,20-37H2,1-5H3/p+1/b10-8+,11-9+,14-12+,15-13+,18-16+,19-17+. The van der Waals surface area contributed by atoms with Gasteiger partial charge in [0.2, 0.25) is 0 Å². The molecule has 0 amide bonds. The molecule has 286 valence electrons. The van der Waals surface area contributed by atoms with E-state index < -0.39 is 32.5 Å². The molecular weight excluding hydrogens is 653 g/mol. The predicted molar refractivity (Wildman–Crippen MR) is 206 cm³/mol. The highest BCUT2D eigenvalue weighted by atomic mass is 31.2. The molecule has 0 heterocycles. The van der Waals surface area contributed by atoms with Gasteiger partial charge >= 0.3 is 19.8 Å². The number of phosphoric ester groups is 1. The van der Waals surface area contributed by atoms with Gasteiger partial charge in [0.1, 0.15) is 19.8 Å². The van der Waals surface area contributed by atoms with E-state index in [1.807, 2.05) is 57.6 Å². The Balaban J connectivity index is 4.54. The summed E-state index contributed by atoms with van der Waals surface area (Å²) >= 11 is 0. The minimum Gasteiger partial charge on any atom is -0.462 e. The van der Waals surface area contributed by atoms with E-state index in [2.05, 4.69) is 50.3 Å². The number of ether oxygens (including phenoxy) is 2. The fourth-order valence-electron chi connectivity index (χ4n) is 4.42. The monoisotopic (exact) mass is 722 g/mol. The molecule has 0 saturated heterocycles. The van der Waals surface area contributed by atoms with Crippen LogP contribution in [0, 0.1) is 0 Å². The zero-order valence-electron chi connectivity index (χ0n) is 31.8. The molecule has 0 aromatic carbocycles. The molecule has 0 radical (unpaired) electrons. The van der Waals surface area contributed by atoms with E-state index in [0.29, 0.717) is 23.9 Å². The lowest BCUT2D eigenvalue weighted by Gasteiger charge is -2.24. The number of allylic oxidation sites excluding steroid dienone is 12. The lowest BCUT2D eigenvalue weighted by atomic mass is 10.1. The number of quaternary nitrogens is 1. The Morgan fingerprint density at radius 2 is 1.08 bits per heavy atom. The molecule has 0 aliphatic heterocycles. The summed E-state index contributed by atoms with van der Waals surface area (Å²) in [5.41, 5.74) is 0. The van der Waals surface area contributed by atoms with Crippen molar-refractivity contribution in [2.24, 2.45) is 0 Å². The van der Waals surface area contributed by atoms with Crippen molar-refractivity contribution >= 4 is 19.8 Å². The SMILES string of the molecule is CC/C=C/C=C/C=C/CCCCCCCC(=O)OCC(COP(=O)(O)OCC[N+](C)(C)C)OC(=O)CCCCCCC/C=C/C=C/C=C/CC. The van der Waals surface area contributed by atoms with Gasteiger partial charge < -0.3 is 18.9 Å².